The Labute approximate surface area is 102 Å². The van der Waals surface area contributed by atoms with Gasteiger partial charge in [0.25, 0.3) is 0 Å². The number of hydrogen-bond donors (Lipinski definition) is 1. The van der Waals surface area contributed by atoms with Gasteiger partial charge in [0, 0.05) is 12.6 Å². The molecule has 0 amide bonds. The summed E-state index contributed by atoms with van der Waals surface area (Å²) in [4.78, 5) is 3.93. The number of rotatable bonds is 5. The summed E-state index contributed by atoms with van der Waals surface area (Å²) in [6.07, 6.45) is 3.73. The Morgan fingerprint density at radius 2 is 2.35 bits per heavy atom. The number of aromatic nitrogens is 4. The molecule has 2 heterocycles. The fraction of sp³-hybridized carbons (Fsp3) is 0.909. The second-order valence-electron chi connectivity index (χ2n) is 4.72. The van der Waals surface area contributed by atoms with Gasteiger partial charge in [0.15, 0.2) is 5.82 Å². The van der Waals surface area contributed by atoms with Gasteiger partial charge in [-0.3, -0.25) is 4.90 Å². The first-order valence-corrected chi connectivity index (χ1v) is 6.46. The van der Waals surface area contributed by atoms with Gasteiger partial charge in [-0.2, -0.15) is 4.80 Å². The average molecular weight is 238 g/mol. The molecule has 1 aromatic heterocycles. The van der Waals surface area contributed by atoms with E-state index in [0.717, 1.165) is 32.0 Å². The molecule has 0 saturated carbocycles. The van der Waals surface area contributed by atoms with E-state index < -0.39 is 0 Å². The number of tetrazole rings is 1. The third kappa shape index (κ3) is 3.74. The van der Waals surface area contributed by atoms with Crippen LogP contribution in [0.3, 0.4) is 0 Å². The quantitative estimate of drug-likeness (QED) is 0.792. The zero-order chi connectivity index (χ0) is 12.1. The van der Waals surface area contributed by atoms with Gasteiger partial charge in [0.05, 0.1) is 13.6 Å². The normalized spacial score (nSPS) is 21.9. The number of piperidine rings is 1. The van der Waals surface area contributed by atoms with Crippen LogP contribution < -0.4 is 5.32 Å². The Morgan fingerprint density at radius 3 is 3.06 bits per heavy atom. The van der Waals surface area contributed by atoms with Gasteiger partial charge in [-0.15, -0.1) is 10.2 Å². The summed E-state index contributed by atoms with van der Waals surface area (Å²) < 4.78 is 0. The Hall–Kier alpha value is -1.01. The van der Waals surface area contributed by atoms with Gasteiger partial charge >= 0.3 is 0 Å². The molecule has 0 aromatic carbocycles. The predicted molar refractivity (Wildman–Crippen MR) is 65.4 cm³/mol. The SMILES string of the molecule is CCCNC1CCCN(Cc2nnn(C)n2)C1. The molecule has 6 heteroatoms. The fourth-order valence-corrected chi connectivity index (χ4v) is 2.30. The molecular weight excluding hydrogens is 216 g/mol. The van der Waals surface area contributed by atoms with Gasteiger partial charge in [-0.1, -0.05) is 6.92 Å². The van der Waals surface area contributed by atoms with Crippen molar-refractivity contribution in [2.24, 2.45) is 7.05 Å². The summed E-state index contributed by atoms with van der Waals surface area (Å²) in [5, 5.41) is 15.7. The van der Waals surface area contributed by atoms with Gasteiger partial charge in [0.2, 0.25) is 0 Å². The summed E-state index contributed by atoms with van der Waals surface area (Å²) in [5.41, 5.74) is 0. The van der Waals surface area contributed by atoms with E-state index in [2.05, 4.69) is 32.6 Å². The van der Waals surface area contributed by atoms with Gasteiger partial charge in [0.1, 0.15) is 0 Å². The summed E-state index contributed by atoms with van der Waals surface area (Å²) in [6, 6.07) is 0.625. The molecule has 96 valence electrons. The number of nitrogens with one attached hydrogen (secondary N) is 1. The molecule has 0 spiro atoms. The summed E-state index contributed by atoms with van der Waals surface area (Å²) in [7, 11) is 1.80. The third-order valence-electron chi connectivity index (χ3n) is 3.10. The molecule has 1 unspecified atom stereocenters. The van der Waals surface area contributed by atoms with Crippen LogP contribution in [0, 0.1) is 0 Å². The average Bonchev–Trinajstić information content (AvgIpc) is 2.73. The lowest BCUT2D eigenvalue weighted by Crippen LogP contribution is -2.45. The zero-order valence-electron chi connectivity index (χ0n) is 10.8. The number of aryl methyl sites for hydroxylation is 1. The van der Waals surface area contributed by atoms with Crippen molar-refractivity contribution >= 4 is 0 Å². The van der Waals surface area contributed by atoms with Crippen molar-refractivity contribution in [1.29, 1.82) is 0 Å². The Kier molecular flexibility index (Phi) is 4.44. The molecule has 1 aliphatic heterocycles. The molecule has 1 aliphatic rings. The molecule has 1 atom stereocenters. The molecule has 17 heavy (non-hydrogen) atoms. The molecule has 0 radical (unpaired) electrons. The van der Waals surface area contributed by atoms with E-state index in [0.29, 0.717) is 6.04 Å². The Balaban J connectivity index is 1.80. The van der Waals surface area contributed by atoms with Gasteiger partial charge < -0.3 is 5.32 Å². The van der Waals surface area contributed by atoms with Crippen molar-refractivity contribution in [2.45, 2.75) is 38.8 Å². The Morgan fingerprint density at radius 1 is 1.47 bits per heavy atom. The smallest absolute Gasteiger partial charge is 0.188 e. The Bertz CT molecular complexity index is 336. The summed E-state index contributed by atoms with van der Waals surface area (Å²) in [6.45, 7) is 6.37. The van der Waals surface area contributed by atoms with Crippen molar-refractivity contribution < 1.29 is 0 Å². The maximum Gasteiger partial charge on any atom is 0.188 e. The topological polar surface area (TPSA) is 58.9 Å². The van der Waals surface area contributed by atoms with Gasteiger partial charge in [-0.25, -0.2) is 0 Å². The van der Waals surface area contributed by atoms with E-state index in [1.165, 1.54) is 24.1 Å². The molecule has 0 aliphatic carbocycles. The lowest BCUT2D eigenvalue weighted by atomic mass is 10.1. The number of hydrogen-bond acceptors (Lipinski definition) is 5. The highest BCUT2D eigenvalue weighted by Crippen LogP contribution is 2.11. The molecule has 2 rings (SSSR count). The van der Waals surface area contributed by atoms with Crippen molar-refractivity contribution in [2.75, 3.05) is 19.6 Å². The maximum absolute atomic E-state index is 4.22. The van der Waals surface area contributed by atoms with Crippen molar-refractivity contribution in [3.05, 3.63) is 5.82 Å². The molecule has 0 bridgehead atoms. The van der Waals surface area contributed by atoms with Crippen molar-refractivity contribution in [1.82, 2.24) is 30.4 Å². The van der Waals surface area contributed by atoms with Crippen LogP contribution >= 0.6 is 0 Å². The maximum atomic E-state index is 4.22. The second-order valence-corrected chi connectivity index (χ2v) is 4.72. The van der Waals surface area contributed by atoms with Crippen molar-refractivity contribution in [3.8, 4) is 0 Å². The van der Waals surface area contributed by atoms with E-state index in [9.17, 15) is 0 Å². The van der Waals surface area contributed by atoms with Gasteiger partial charge in [-0.05, 0) is 37.6 Å². The molecule has 6 nitrogen and oxygen atoms in total. The highest BCUT2D eigenvalue weighted by atomic mass is 15.6. The highest BCUT2D eigenvalue weighted by molar-refractivity contribution is 4.83. The van der Waals surface area contributed by atoms with Crippen LogP contribution in [-0.4, -0.2) is 50.8 Å². The minimum atomic E-state index is 0.625. The van der Waals surface area contributed by atoms with Crippen LogP contribution in [0.5, 0.6) is 0 Å². The van der Waals surface area contributed by atoms with Crippen LogP contribution in [0.15, 0.2) is 0 Å². The molecule has 1 fully saturated rings. The standard InChI is InChI=1S/C11H22N6/c1-3-6-12-10-5-4-7-17(8-10)9-11-13-15-16(2)14-11/h10,12H,3-9H2,1-2H3. The minimum absolute atomic E-state index is 0.625. The second kappa shape index (κ2) is 6.07. The van der Waals surface area contributed by atoms with Crippen LogP contribution in [0.4, 0.5) is 0 Å². The summed E-state index contributed by atoms with van der Waals surface area (Å²) >= 11 is 0. The third-order valence-corrected chi connectivity index (χ3v) is 3.10. The van der Waals surface area contributed by atoms with Crippen LogP contribution in [0.2, 0.25) is 0 Å². The molecule has 1 aromatic rings. The van der Waals surface area contributed by atoms with Crippen LogP contribution in [0.25, 0.3) is 0 Å². The largest absolute Gasteiger partial charge is 0.313 e. The lowest BCUT2D eigenvalue weighted by molar-refractivity contribution is 0.180. The monoisotopic (exact) mass is 238 g/mol. The minimum Gasteiger partial charge on any atom is -0.313 e. The van der Waals surface area contributed by atoms with E-state index in [4.69, 9.17) is 0 Å². The fourth-order valence-electron chi connectivity index (χ4n) is 2.30. The van der Waals surface area contributed by atoms with Crippen LogP contribution in [0.1, 0.15) is 32.0 Å². The van der Waals surface area contributed by atoms with E-state index >= 15 is 0 Å². The van der Waals surface area contributed by atoms with Crippen LogP contribution in [-0.2, 0) is 13.6 Å². The first-order valence-electron chi connectivity index (χ1n) is 6.46. The molecular formula is C11H22N6. The number of likely N-dealkylation sites (tertiary alicyclic amines) is 1. The highest BCUT2D eigenvalue weighted by Gasteiger charge is 2.20. The first-order chi connectivity index (χ1) is 8.28. The van der Waals surface area contributed by atoms with E-state index in [-0.39, 0.29) is 0 Å². The van der Waals surface area contributed by atoms with E-state index in [1.807, 2.05) is 0 Å². The predicted octanol–water partition coefficient (Wildman–Crippen LogP) is 0.174. The van der Waals surface area contributed by atoms with Crippen molar-refractivity contribution in [3.63, 3.8) is 0 Å². The van der Waals surface area contributed by atoms with E-state index in [1.54, 1.807) is 7.05 Å². The number of nitrogens with zero attached hydrogens (tertiary/aromatic N) is 5. The molecule has 1 N–H and O–H groups in total. The lowest BCUT2D eigenvalue weighted by Gasteiger charge is -2.32. The first kappa shape index (κ1) is 12.4. The molecule has 1 saturated heterocycles. The zero-order valence-corrected chi connectivity index (χ0v) is 10.8. The summed E-state index contributed by atoms with van der Waals surface area (Å²) in [5.74, 6) is 0.823.